The number of hydrogen-bond donors (Lipinski definition) is 5. The van der Waals surface area contributed by atoms with E-state index < -0.39 is 17.8 Å². The first-order valence-corrected chi connectivity index (χ1v) is 10.5. The van der Waals surface area contributed by atoms with E-state index in [4.69, 9.17) is 5.21 Å². The van der Waals surface area contributed by atoms with Crippen molar-refractivity contribution in [3.63, 3.8) is 0 Å². The number of aromatic carboxylic acids is 1. The first kappa shape index (κ1) is 21.6. The van der Waals surface area contributed by atoms with Gasteiger partial charge in [0, 0.05) is 12.2 Å². The molecule has 0 spiro atoms. The van der Waals surface area contributed by atoms with Gasteiger partial charge in [-0.1, -0.05) is 12.1 Å². The number of nitrogens with zero attached hydrogens (tertiary/aromatic N) is 1. The summed E-state index contributed by atoms with van der Waals surface area (Å²) in [6, 6.07) is 6.49. The van der Waals surface area contributed by atoms with Gasteiger partial charge < -0.3 is 20.4 Å². The summed E-state index contributed by atoms with van der Waals surface area (Å²) in [7, 11) is 0. The standard InChI is InChI=1S/C23H25N3O6/c27-20(25-32)12-26-19(15-2-1-3-16(10-15)23(30)31)9-8-18-21(26)17(11-24-18)13-4-6-14(7-5-13)22(28)29/h1-3,8-10,13-14,24,32H,4-7,11-12H2,(H,25,27)(H,28,29)(H,30,31)/t13-,14-. The third-order valence-corrected chi connectivity index (χ3v) is 6.40. The van der Waals surface area contributed by atoms with Crippen LogP contribution in [0.2, 0.25) is 0 Å². The molecule has 9 nitrogen and oxygen atoms in total. The fraction of sp³-hybridized carbons (Fsp3) is 0.348. The number of allylic oxidation sites excluding steroid dienone is 2. The van der Waals surface area contributed by atoms with Crippen molar-refractivity contribution in [3.05, 3.63) is 64.5 Å². The van der Waals surface area contributed by atoms with Gasteiger partial charge in [0.1, 0.15) is 6.54 Å². The Hall–Kier alpha value is -3.59. The summed E-state index contributed by atoms with van der Waals surface area (Å²) in [4.78, 5) is 36.7. The van der Waals surface area contributed by atoms with Crippen LogP contribution >= 0.6 is 0 Å². The van der Waals surface area contributed by atoms with Gasteiger partial charge in [0.15, 0.2) is 0 Å². The fourth-order valence-corrected chi connectivity index (χ4v) is 4.79. The number of rotatable bonds is 6. The lowest BCUT2D eigenvalue weighted by atomic mass is 9.78. The molecule has 3 aliphatic rings. The largest absolute Gasteiger partial charge is 0.481 e. The van der Waals surface area contributed by atoms with Crippen LogP contribution in [0, 0.1) is 11.8 Å². The maximum atomic E-state index is 12.2. The van der Waals surface area contributed by atoms with Crippen LogP contribution in [0.3, 0.4) is 0 Å². The van der Waals surface area contributed by atoms with E-state index in [9.17, 15) is 24.6 Å². The Bertz CT molecular complexity index is 1050. The zero-order chi connectivity index (χ0) is 22.8. The molecule has 0 radical (unpaired) electrons. The molecular weight excluding hydrogens is 414 g/mol. The smallest absolute Gasteiger partial charge is 0.335 e. The third kappa shape index (κ3) is 4.11. The minimum Gasteiger partial charge on any atom is -0.481 e. The van der Waals surface area contributed by atoms with Gasteiger partial charge in [-0.3, -0.25) is 14.8 Å². The summed E-state index contributed by atoms with van der Waals surface area (Å²) in [6.45, 7) is 0.444. The van der Waals surface area contributed by atoms with Crippen molar-refractivity contribution < 1.29 is 29.8 Å². The molecular formula is C23H25N3O6. The maximum absolute atomic E-state index is 12.2. The minimum absolute atomic E-state index is 0.135. The highest BCUT2D eigenvalue weighted by molar-refractivity contribution is 5.89. The van der Waals surface area contributed by atoms with Crippen molar-refractivity contribution >= 4 is 23.5 Å². The normalized spacial score (nSPS) is 22.5. The van der Waals surface area contributed by atoms with E-state index in [1.165, 1.54) is 6.07 Å². The minimum atomic E-state index is -1.04. The molecule has 2 aliphatic heterocycles. The summed E-state index contributed by atoms with van der Waals surface area (Å²) in [5, 5.41) is 31.2. The number of carbonyl (C=O) groups excluding carboxylic acids is 1. The molecule has 1 aliphatic carbocycles. The number of hydrogen-bond acceptors (Lipinski definition) is 6. The molecule has 168 valence electrons. The number of amides is 1. The van der Waals surface area contributed by atoms with Gasteiger partial charge in [-0.05, 0) is 67.0 Å². The Kier molecular flexibility index (Phi) is 6.00. The van der Waals surface area contributed by atoms with E-state index in [1.54, 1.807) is 28.6 Å². The third-order valence-electron chi connectivity index (χ3n) is 6.40. The van der Waals surface area contributed by atoms with Crippen molar-refractivity contribution in [2.45, 2.75) is 25.7 Å². The Balaban J connectivity index is 1.72. The van der Waals surface area contributed by atoms with Crippen molar-refractivity contribution in [3.8, 4) is 0 Å². The molecule has 2 heterocycles. The second kappa shape index (κ2) is 8.88. The molecule has 0 saturated heterocycles. The zero-order valence-corrected chi connectivity index (χ0v) is 17.4. The van der Waals surface area contributed by atoms with E-state index >= 15 is 0 Å². The molecule has 0 unspecified atom stereocenters. The zero-order valence-electron chi connectivity index (χ0n) is 17.4. The van der Waals surface area contributed by atoms with Gasteiger partial charge in [-0.25, -0.2) is 10.3 Å². The molecule has 0 bridgehead atoms. The van der Waals surface area contributed by atoms with Crippen molar-refractivity contribution in [1.82, 2.24) is 15.7 Å². The number of carbonyl (C=O) groups is 3. The Morgan fingerprint density at radius 2 is 1.84 bits per heavy atom. The summed E-state index contributed by atoms with van der Waals surface area (Å²) in [6.07, 6.45) is 6.44. The van der Waals surface area contributed by atoms with E-state index in [2.05, 4.69) is 5.32 Å². The predicted octanol–water partition coefficient (Wildman–Crippen LogP) is 2.18. The lowest BCUT2D eigenvalue weighted by Gasteiger charge is -2.34. The molecule has 1 aromatic carbocycles. The maximum Gasteiger partial charge on any atom is 0.335 e. The van der Waals surface area contributed by atoms with Crippen LogP contribution in [0.25, 0.3) is 5.70 Å². The highest BCUT2D eigenvalue weighted by Gasteiger charge is 2.36. The predicted molar refractivity (Wildman–Crippen MR) is 114 cm³/mol. The van der Waals surface area contributed by atoms with E-state index in [0.717, 1.165) is 29.8 Å². The Morgan fingerprint density at radius 1 is 1.09 bits per heavy atom. The van der Waals surface area contributed by atoms with Gasteiger partial charge in [0.25, 0.3) is 5.91 Å². The highest BCUT2D eigenvalue weighted by atomic mass is 16.5. The van der Waals surface area contributed by atoms with Crippen molar-refractivity contribution in [2.75, 3.05) is 13.1 Å². The Morgan fingerprint density at radius 3 is 2.50 bits per heavy atom. The number of benzene rings is 1. The topological polar surface area (TPSA) is 139 Å². The molecule has 1 amide bonds. The van der Waals surface area contributed by atoms with Crippen LogP contribution in [-0.4, -0.2) is 51.3 Å². The number of fused-ring (bicyclic) bond motifs is 1. The van der Waals surface area contributed by atoms with E-state index in [0.29, 0.717) is 30.6 Å². The second-order valence-corrected chi connectivity index (χ2v) is 8.25. The molecule has 32 heavy (non-hydrogen) atoms. The summed E-state index contributed by atoms with van der Waals surface area (Å²) >= 11 is 0. The number of carboxylic acids is 2. The Labute approximate surface area is 184 Å². The molecule has 1 aromatic rings. The van der Waals surface area contributed by atoms with Crippen molar-refractivity contribution in [2.24, 2.45) is 11.8 Å². The molecule has 0 atom stereocenters. The molecule has 4 rings (SSSR count). The molecule has 5 N–H and O–H groups in total. The first-order chi connectivity index (χ1) is 15.4. The van der Waals surface area contributed by atoms with Crippen LogP contribution in [0.1, 0.15) is 41.6 Å². The van der Waals surface area contributed by atoms with Gasteiger partial charge in [-0.15, -0.1) is 0 Å². The quantitative estimate of drug-likeness (QED) is 0.336. The number of aliphatic carboxylic acids is 1. The molecule has 1 fully saturated rings. The molecule has 0 aromatic heterocycles. The molecule has 9 heteroatoms. The van der Waals surface area contributed by atoms with Gasteiger partial charge >= 0.3 is 11.9 Å². The van der Waals surface area contributed by atoms with Crippen molar-refractivity contribution in [1.29, 1.82) is 0 Å². The van der Waals surface area contributed by atoms with E-state index in [-0.39, 0.29) is 23.9 Å². The van der Waals surface area contributed by atoms with Gasteiger partial charge in [0.05, 0.1) is 22.9 Å². The van der Waals surface area contributed by atoms with Crippen LogP contribution in [0.15, 0.2) is 53.4 Å². The SMILES string of the molecule is O=C(CN1C(c2cccc(C(=O)O)c2)=CC=C2NCC([C@H]3CC[C@H](C(=O)O)CC3)=C21)NO. The first-order valence-electron chi connectivity index (χ1n) is 10.5. The van der Waals surface area contributed by atoms with Gasteiger partial charge in [-0.2, -0.15) is 0 Å². The fourth-order valence-electron chi connectivity index (χ4n) is 4.79. The van der Waals surface area contributed by atoms with Crippen LogP contribution < -0.4 is 10.8 Å². The number of hydroxylamine groups is 1. The van der Waals surface area contributed by atoms with Crippen LogP contribution in [0.4, 0.5) is 0 Å². The second-order valence-electron chi connectivity index (χ2n) is 8.25. The average Bonchev–Trinajstić information content (AvgIpc) is 3.24. The average molecular weight is 439 g/mol. The summed E-state index contributed by atoms with van der Waals surface area (Å²) in [5.41, 5.74) is 5.89. The number of nitrogens with one attached hydrogen (secondary N) is 2. The highest BCUT2D eigenvalue weighted by Crippen LogP contribution is 2.42. The molecule has 1 saturated carbocycles. The lowest BCUT2D eigenvalue weighted by molar-refractivity contribution is -0.143. The summed E-state index contributed by atoms with van der Waals surface area (Å²) in [5.74, 6) is -2.54. The van der Waals surface area contributed by atoms with Crippen LogP contribution in [-0.2, 0) is 9.59 Å². The van der Waals surface area contributed by atoms with E-state index in [1.807, 2.05) is 12.2 Å². The monoisotopic (exact) mass is 439 g/mol. The van der Waals surface area contributed by atoms with Gasteiger partial charge in [0.2, 0.25) is 0 Å². The van der Waals surface area contributed by atoms with Crippen LogP contribution in [0.5, 0.6) is 0 Å². The number of carboxylic acid groups (broad SMARTS) is 2. The lowest BCUT2D eigenvalue weighted by Crippen LogP contribution is -2.36. The summed E-state index contributed by atoms with van der Waals surface area (Å²) < 4.78 is 0.